The Morgan fingerprint density at radius 3 is 3.18 bits per heavy atom. The third kappa shape index (κ3) is 1.55. The molecule has 1 atom stereocenters. The van der Waals surface area contributed by atoms with Gasteiger partial charge >= 0.3 is 0 Å². The van der Waals surface area contributed by atoms with E-state index in [1.54, 1.807) is 0 Å². The number of rotatable bonds is 0. The van der Waals surface area contributed by atoms with Crippen molar-refractivity contribution in [2.75, 3.05) is 36.1 Å². The van der Waals surface area contributed by atoms with Gasteiger partial charge in [0.05, 0.1) is 17.5 Å². The maximum Gasteiger partial charge on any atom is 0.0847 e. The Balaban J connectivity index is 2.23. The Morgan fingerprint density at radius 1 is 1.53 bits per heavy atom. The summed E-state index contributed by atoms with van der Waals surface area (Å²) >= 11 is 0. The number of nitrogens with one attached hydrogen (secondary N) is 1. The van der Waals surface area contributed by atoms with Gasteiger partial charge in [0.2, 0.25) is 0 Å². The first-order valence-electron chi connectivity index (χ1n) is 6.27. The summed E-state index contributed by atoms with van der Waals surface area (Å²) in [6, 6.07) is 2.04. The Bertz CT molecular complexity index is 458. The van der Waals surface area contributed by atoms with Crippen molar-refractivity contribution in [2.24, 2.45) is 0 Å². The van der Waals surface area contributed by atoms with Gasteiger partial charge in [-0.05, 0) is 30.9 Å². The van der Waals surface area contributed by atoms with Gasteiger partial charge in [0, 0.05) is 31.4 Å². The zero-order chi connectivity index (χ0) is 12.0. The maximum absolute atomic E-state index is 10.1. The van der Waals surface area contributed by atoms with Gasteiger partial charge in [0.25, 0.3) is 0 Å². The summed E-state index contributed by atoms with van der Waals surface area (Å²) in [6.45, 7) is 1.89. The monoisotopic (exact) mass is 233 g/mol. The standard InChI is InChI=1S/C13H19N3O/c1-16-6-2-3-8-7-9(14)11-10(17)4-5-15-12(11)13(8)16/h7,10,15,17H,2-6,14H2,1H3. The van der Waals surface area contributed by atoms with Crippen molar-refractivity contribution < 1.29 is 5.11 Å². The van der Waals surface area contributed by atoms with Crippen molar-refractivity contribution in [3.63, 3.8) is 0 Å². The zero-order valence-corrected chi connectivity index (χ0v) is 10.2. The molecule has 4 heteroatoms. The van der Waals surface area contributed by atoms with Crippen LogP contribution in [0.5, 0.6) is 0 Å². The Labute approximate surface area is 101 Å². The van der Waals surface area contributed by atoms with Gasteiger partial charge in [0.1, 0.15) is 0 Å². The molecule has 2 heterocycles. The number of fused-ring (bicyclic) bond motifs is 3. The van der Waals surface area contributed by atoms with E-state index in [9.17, 15) is 5.11 Å². The third-order valence-electron chi connectivity index (χ3n) is 3.83. The Kier molecular flexibility index (Phi) is 2.40. The lowest BCUT2D eigenvalue weighted by atomic mass is 9.91. The molecule has 1 aromatic carbocycles. The van der Waals surface area contributed by atoms with Crippen LogP contribution in [0.15, 0.2) is 6.07 Å². The number of anilines is 3. The van der Waals surface area contributed by atoms with Crippen LogP contribution in [0.2, 0.25) is 0 Å². The van der Waals surface area contributed by atoms with Crippen molar-refractivity contribution in [3.05, 3.63) is 17.2 Å². The molecule has 0 saturated carbocycles. The highest BCUT2D eigenvalue weighted by atomic mass is 16.3. The van der Waals surface area contributed by atoms with Crippen molar-refractivity contribution in [2.45, 2.75) is 25.4 Å². The fourth-order valence-corrected chi connectivity index (χ4v) is 3.03. The average Bonchev–Trinajstić information content (AvgIpc) is 2.28. The van der Waals surface area contributed by atoms with Gasteiger partial charge in [-0.25, -0.2) is 0 Å². The summed E-state index contributed by atoms with van der Waals surface area (Å²) in [6.07, 6.45) is 2.56. The van der Waals surface area contributed by atoms with Crippen LogP contribution < -0.4 is 16.0 Å². The molecule has 0 spiro atoms. The molecule has 0 aromatic heterocycles. The summed E-state index contributed by atoms with van der Waals surface area (Å²) in [4.78, 5) is 2.27. The number of benzene rings is 1. The minimum absolute atomic E-state index is 0.424. The molecule has 0 fully saturated rings. The topological polar surface area (TPSA) is 61.5 Å². The first kappa shape index (κ1) is 10.7. The number of nitrogens with zero attached hydrogens (tertiary/aromatic N) is 1. The molecular formula is C13H19N3O. The molecule has 4 N–H and O–H groups in total. The highest BCUT2D eigenvalue weighted by molar-refractivity contribution is 5.84. The molecule has 0 aliphatic carbocycles. The van der Waals surface area contributed by atoms with E-state index >= 15 is 0 Å². The van der Waals surface area contributed by atoms with Crippen LogP contribution in [0.3, 0.4) is 0 Å². The van der Waals surface area contributed by atoms with Crippen molar-refractivity contribution in [1.82, 2.24) is 0 Å². The summed E-state index contributed by atoms with van der Waals surface area (Å²) < 4.78 is 0. The van der Waals surface area contributed by atoms with E-state index in [0.717, 1.165) is 42.9 Å². The minimum atomic E-state index is -0.424. The summed E-state index contributed by atoms with van der Waals surface area (Å²) in [5.41, 5.74) is 11.3. The number of nitrogens with two attached hydrogens (primary N) is 1. The van der Waals surface area contributed by atoms with Crippen molar-refractivity contribution in [1.29, 1.82) is 0 Å². The second-order valence-electron chi connectivity index (χ2n) is 5.02. The largest absolute Gasteiger partial charge is 0.398 e. The molecule has 3 rings (SSSR count). The zero-order valence-electron chi connectivity index (χ0n) is 10.2. The number of aryl methyl sites for hydroxylation is 1. The van der Waals surface area contributed by atoms with Gasteiger partial charge < -0.3 is 21.1 Å². The van der Waals surface area contributed by atoms with Crippen molar-refractivity contribution in [3.8, 4) is 0 Å². The smallest absolute Gasteiger partial charge is 0.0847 e. The molecule has 0 saturated heterocycles. The van der Waals surface area contributed by atoms with Crippen molar-refractivity contribution >= 4 is 17.1 Å². The van der Waals surface area contributed by atoms with Crippen LogP contribution in [0.1, 0.15) is 30.1 Å². The van der Waals surface area contributed by atoms with E-state index in [1.165, 1.54) is 17.7 Å². The van der Waals surface area contributed by atoms with Crippen LogP contribution >= 0.6 is 0 Å². The van der Waals surface area contributed by atoms with E-state index in [1.807, 2.05) is 6.07 Å². The molecule has 0 radical (unpaired) electrons. The lowest BCUT2D eigenvalue weighted by molar-refractivity contribution is 0.169. The molecular weight excluding hydrogens is 214 g/mol. The minimum Gasteiger partial charge on any atom is -0.398 e. The second-order valence-corrected chi connectivity index (χ2v) is 5.02. The van der Waals surface area contributed by atoms with E-state index in [-0.39, 0.29) is 0 Å². The molecule has 0 bridgehead atoms. The second kappa shape index (κ2) is 3.81. The van der Waals surface area contributed by atoms with Crippen LogP contribution in [-0.4, -0.2) is 25.2 Å². The average molecular weight is 233 g/mol. The van der Waals surface area contributed by atoms with E-state index in [4.69, 9.17) is 5.73 Å². The highest BCUT2D eigenvalue weighted by Crippen LogP contribution is 2.44. The van der Waals surface area contributed by atoms with Gasteiger partial charge in [0.15, 0.2) is 0 Å². The molecule has 2 aliphatic heterocycles. The van der Waals surface area contributed by atoms with Gasteiger partial charge in [-0.15, -0.1) is 0 Å². The van der Waals surface area contributed by atoms with E-state index in [2.05, 4.69) is 17.3 Å². The Hall–Kier alpha value is -1.42. The van der Waals surface area contributed by atoms with E-state index < -0.39 is 6.10 Å². The van der Waals surface area contributed by atoms with E-state index in [0.29, 0.717) is 0 Å². The Morgan fingerprint density at radius 2 is 2.35 bits per heavy atom. The third-order valence-corrected chi connectivity index (χ3v) is 3.83. The van der Waals surface area contributed by atoms with Gasteiger partial charge in [-0.3, -0.25) is 0 Å². The molecule has 2 aliphatic rings. The number of aliphatic hydroxyl groups excluding tert-OH is 1. The lowest BCUT2D eigenvalue weighted by Gasteiger charge is -2.35. The predicted molar refractivity (Wildman–Crippen MR) is 70.5 cm³/mol. The molecule has 4 nitrogen and oxygen atoms in total. The normalized spacial score (nSPS) is 22.7. The SMILES string of the molecule is CN1CCCc2cc(N)c3c(c21)NCCC3O. The van der Waals surface area contributed by atoms with Gasteiger partial charge in [-0.2, -0.15) is 0 Å². The number of hydrogen-bond acceptors (Lipinski definition) is 4. The number of nitrogen functional groups attached to an aromatic ring is 1. The van der Waals surface area contributed by atoms with Crippen LogP contribution in [0.4, 0.5) is 17.1 Å². The summed E-state index contributed by atoms with van der Waals surface area (Å²) in [7, 11) is 2.11. The quantitative estimate of drug-likeness (QED) is 0.594. The van der Waals surface area contributed by atoms with Crippen LogP contribution in [0.25, 0.3) is 0 Å². The molecule has 0 amide bonds. The molecule has 17 heavy (non-hydrogen) atoms. The van der Waals surface area contributed by atoms with Crippen LogP contribution in [-0.2, 0) is 6.42 Å². The highest BCUT2D eigenvalue weighted by Gasteiger charge is 2.28. The first-order valence-corrected chi connectivity index (χ1v) is 6.27. The molecule has 92 valence electrons. The molecule has 1 unspecified atom stereocenters. The molecule has 1 aromatic rings. The fourth-order valence-electron chi connectivity index (χ4n) is 3.03. The fraction of sp³-hybridized carbons (Fsp3) is 0.538. The number of aliphatic hydroxyl groups is 1. The van der Waals surface area contributed by atoms with Crippen LogP contribution in [0, 0.1) is 0 Å². The number of hydrogen-bond donors (Lipinski definition) is 3. The maximum atomic E-state index is 10.1. The first-order chi connectivity index (χ1) is 8.18. The predicted octanol–water partition coefficient (Wildman–Crippen LogP) is 1.50. The lowest BCUT2D eigenvalue weighted by Crippen LogP contribution is -2.29. The van der Waals surface area contributed by atoms with Gasteiger partial charge in [-0.1, -0.05) is 0 Å². The summed E-state index contributed by atoms with van der Waals surface area (Å²) in [5.74, 6) is 0. The summed E-state index contributed by atoms with van der Waals surface area (Å²) in [5, 5.41) is 13.5.